The number of nitrogens with one attached hydrogen (secondary N) is 2. The third-order valence-electron chi connectivity index (χ3n) is 6.47. The molecule has 188 valence electrons. The van der Waals surface area contributed by atoms with E-state index in [0.717, 1.165) is 0 Å². The number of hydroxylamine groups is 1. The van der Waals surface area contributed by atoms with Gasteiger partial charge in [0.15, 0.2) is 5.82 Å². The molecular weight excluding hydrogens is 472 g/mol. The van der Waals surface area contributed by atoms with Gasteiger partial charge in [0.05, 0.1) is 30.2 Å². The summed E-state index contributed by atoms with van der Waals surface area (Å²) in [5.74, 6) is -1.17. The number of aliphatic imine (C=N–C) groups is 1. The van der Waals surface area contributed by atoms with Crippen LogP contribution in [0, 0.1) is 11.6 Å². The Morgan fingerprint density at radius 1 is 1.19 bits per heavy atom. The summed E-state index contributed by atoms with van der Waals surface area (Å²) in [7, 11) is 1.31. The first-order valence-electron chi connectivity index (χ1n) is 11.6. The molecule has 0 bridgehead atoms. The second-order valence-electron chi connectivity index (χ2n) is 8.55. The molecular formula is C24H25F2N7O3. The van der Waals surface area contributed by atoms with Crippen LogP contribution in [0.1, 0.15) is 22.8 Å². The lowest BCUT2D eigenvalue weighted by molar-refractivity contribution is 0.0537. The van der Waals surface area contributed by atoms with Crippen molar-refractivity contribution in [2.75, 3.05) is 43.5 Å². The standard InChI is InChI=1S/C24H25F2N7O3/c1-3-33-22-19-17(27-13-28-22)11-15(20(26)21(19)29-24(33)35)12-31-6-8-32(9-7-31)18-5-4-14(10-16(18)25)23(34)30-36-2/h4-5,10-11,13H,3,6-9,12H2,1-2H3,(H,27,28)(H,30,34). The third kappa shape index (κ3) is 4.18. The molecule has 3 aromatic rings. The number of piperazine rings is 1. The predicted molar refractivity (Wildman–Crippen MR) is 132 cm³/mol. The van der Waals surface area contributed by atoms with E-state index < -0.39 is 23.2 Å². The maximum absolute atomic E-state index is 15.5. The molecule has 0 aliphatic carbocycles. The summed E-state index contributed by atoms with van der Waals surface area (Å²) < 4.78 is 31.6. The third-order valence-corrected chi connectivity index (χ3v) is 6.47. The van der Waals surface area contributed by atoms with E-state index in [0.29, 0.717) is 67.4 Å². The lowest BCUT2D eigenvalue weighted by Gasteiger charge is -2.36. The van der Waals surface area contributed by atoms with Crippen molar-refractivity contribution in [3.05, 3.63) is 57.5 Å². The van der Waals surface area contributed by atoms with Crippen molar-refractivity contribution in [1.29, 1.82) is 0 Å². The van der Waals surface area contributed by atoms with Crippen molar-refractivity contribution >= 4 is 40.3 Å². The van der Waals surface area contributed by atoms with Gasteiger partial charge in [-0.2, -0.15) is 4.98 Å². The van der Waals surface area contributed by atoms with E-state index in [4.69, 9.17) is 0 Å². The fraction of sp³-hybridized carbons (Fsp3) is 0.333. The predicted octanol–water partition coefficient (Wildman–Crippen LogP) is 2.39. The second kappa shape index (κ2) is 9.63. The Balaban J connectivity index is 1.33. The fourth-order valence-electron chi connectivity index (χ4n) is 4.67. The highest BCUT2D eigenvalue weighted by molar-refractivity contribution is 6.06. The van der Waals surface area contributed by atoms with E-state index in [1.807, 2.05) is 11.8 Å². The molecule has 1 aromatic heterocycles. The fourth-order valence-corrected chi connectivity index (χ4v) is 4.67. The first kappa shape index (κ1) is 23.8. The molecule has 2 aliphatic heterocycles. The van der Waals surface area contributed by atoms with Crippen molar-refractivity contribution in [3.8, 4) is 0 Å². The van der Waals surface area contributed by atoms with Gasteiger partial charge in [0.25, 0.3) is 5.91 Å². The SMILES string of the molecule is CCn1c2c3c(cc(CN4CCN(c5ccc(C(=O)NOC)cc5F)CC4)c(F)c3nc1=O)NC=N2. The molecule has 10 nitrogen and oxygen atoms in total. The molecule has 0 saturated carbocycles. The number of carbonyl (C=O) groups excluding carboxylic acids is 1. The van der Waals surface area contributed by atoms with Crippen LogP contribution in [0.2, 0.25) is 0 Å². The van der Waals surface area contributed by atoms with Crippen LogP contribution < -0.4 is 21.4 Å². The van der Waals surface area contributed by atoms with Crippen LogP contribution in [0.4, 0.5) is 26.0 Å². The molecule has 0 spiro atoms. The van der Waals surface area contributed by atoms with Gasteiger partial charge in [0.2, 0.25) is 0 Å². The number of amides is 1. The number of aromatic nitrogens is 2. The van der Waals surface area contributed by atoms with Gasteiger partial charge >= 0.3 is 5.69 Å². The second-order valence-corrected chi connectivity index (χ2v) is 8.55. The minimum absolute atomic E-state index is 0.00913. The van der Waals surface area contributed by atoms with Gasteiger partial charge in [-0.05, 0) is 31.2 Å². The highest BCUT2D eigenvalue weighted by Crippen LogP contribution is 2.36. The topological polar surface area (TPSA) is 104 Å². The summed E-state index contributed by atoms with van der Waals surface area (Å²) in [4.78, 5) is 41.1. The molecule has 1 fully saturated rings. The van der Waals surface area contributed by atoms with E-state index in [9.17, 15) is 14.0 Å². The zero-order valence-electron chi connectivity index (χ0n) is 19.8. The van der Waals surface area contributed by atoms with E-state index >= 15 is 4.39 Å². The summed E-state index contributed by atoms with van der Waals surface area (Å²) in [5, 5.41) is 3.53. The van der Waals surface area contributed by atoms with Crippen molar-refractivity contribution in [2.45, 2.75) is 20.0 Å². The van der Waals surface area contributed by atoms with Crippen LogP contribution in [0.15, 0.2) is 34.1 Å². The molecule has 0 unspecified atom stereocenters. The number of hydrogen-bond donors (Lipinski definition) is 2. The van der Waals surface area contributed by atoms with Gasteiger partial charge in [-0.3, -0.25) is 19.1 Å². The molecule has 1 amide bonds. The molecule has 12 heteroatoms. The Labute approximate surface area is 205 Å². The Morgan fingerprint density at radius 3 is 2.67 bits per heavy atom. The Morgan fingerprint density at radius 2 is 1.97 bits per heavy atom. The monoisotopic (exact) mass is 497 g/mol. The Bertz CT molecular complexity index is 1430. The molecule has 2 N–H and O–H groups in total. The molecule has 36 heavy (non-hydrogen) atoms. The molecule has 0 radical (unpaired) electrons. The normalized spacial score (nSPS) is 15.3. The molecule has 2 aliphatic rings. The molecule has 3 heterocycles. The lowest BCUT2D eigenvalue weighted by atomic mass is 10.1. The van der Waals surface area contributed by atoms with Crippen LogP contribution in [0.3, 0.4) is 0 Å². The van der Waals surface area contributed by atoms with Crippen LogP contribution in [0.5, 0.6) is 0 Å². The maximum Gasteiger partial charge on any atom is 0.349 e. The molecule has 0 atom stereocenters. The van der Waals surface area contributed by atoms with Gasteiger partial charge < -0.3 is 10.2 Å². The number of benzene rings is 2. The zero-order chi connectivity index (χ0) is 25.4. The molecule has 2 aromatic carbocycles. The minimum atomic E-state index is -0.539. The summed E-state index contributed by atoms with van der Waals surface area (Å²) in [5.41, 5.74) is 3.27. The summed E-state index contributed by atoms with van der Waals surface area (Å²) in [6.07, 6.45) is 1.49. The number of anilines is 2. The smallest absolute Gasteiger partial charge is 0.349 e. The summed E-state index contributed by atoms with van der Waals surface area (Å²) in [6, 6.07) is 6.02. The van der Waals surface area contributed by atoms with Gasteiger partial charge in [0, 0.05) is 50.4 Å². The Kier molecular flexibility index (Phi) is 6.37. The van der Waals surface area contributed by atoms with Crippen molar-refractivity contribution in [2.24, 2.45) is 4.99 Å². The number of halogens is 2. The van der Waals surface area contributed by atoms with Crippen molar-refractivity contribution < 1.29 is 18.4 Å². The van der Waals surface area contributed by atoms with Gasteiger partial charge in [-0.15, -0.1) is 0 Å². The molecule has 5 rings (SSSR count). The number of rotatable bonds is 6. The maximum atomic E-state index is 15.5. The van der Waals surface area contributed by atoms with Crippen LogP contribution in [0.25, 0.3) is 10.9 Å². The number of carbonyl (C=O) groups is 1. The molecule has 1 saturated heterocycles. The Hall–Kier alpha value is -3.90. The summed E-state index contributed by atoms with van der Waals surface area (Å²) >= 11 is 0. The van der Waals surface area contributed by atoms with Crippen molar-refractivity contribution in [3.63, 3.8) is 0 Å². The average molecular weight is 498 g/mol. The quantitative estimate of drug-likeness (QED) is 0.504. The van der Waals surface area contributed by atoms with Crippen LogP contribution in [-0.4, -0.2) is 60.0 Å². The zero-order valence-corrected chi connectivity index (χ0v) is 19.8. The lowest BCUT2D eigenvalue weighted by Crippen LogP contribution is -2.46. The highest BCUT2D eigenvalue weighted by atomic mass is 19.1. The van der Waals surface area contributed by atoms with E-state index in [1.165, 1.54) is 24.1 Å². The number of hydrogen-bond acceptors (Lipinski definition) is 8. The van der Waals surface area contributed by atoms with E-state index in [1.54, 1.807) is 18.2 Å². The number of nitrogens with zero attached hydrogens (tertiary/aromatic N) is 5. The first-order valence-corrected chi connectivity index (χ1v) is 11.6. The highest BCUT2D eigenvalue weighted by Gasteiger charge is 2.25. The minimum Gasteiger partial charge on any atom is -0.367 e. The van der Waals surface area contributed by atoms with E-state index in [2.05, 4.69) is 30.5 Å². The van der Waals surface area contributed by atoms with Gasteiger partial charge in [-0.1, -0.05) is 0 Å². The van der Waals surface area contributed by atoms with Crippen LogP contribution in [-0.2, 0) is 17.9 Å². The van der Waals surface area contributed by atoms with Gasteiger partial charge in [-0.25, -0.2) is 24.0 Å². The largest absolute Gasteiger partial charge is 0.367 e. The average Bonchev–Trinajstić information content (AvgIpc) is 2.87. The van der Waals surface area contributed by atoms with E-state index in [-0.39, 0.29) is 11.1 Å². The van der Waals surface area contributed by atoms with Crippen molar-refractivity contribution in [1.82, 2.24) is 19.9 Å². The first-order chi connectivity index (χ1) is 17.4. The van der Waals surface area contributed by atoms with Crippen LogP contribution >= 0.6 is 0 Å². The summed E-state index contributed by atoms with van der Waals surface area (Å²) in [6.45, 7) is 4.70. The van der Waals surface area contributed by atoms with Gasteiger partial charge in [0.1, 0.15) is 17.2 Å².